The van der Waals surface area contributed by atoms with E-state index < -0.39 is 11.8 Å². The number of imide groups is 1. The first-order valence-corrected chi connectivity index (χ1v) is 10.2. The molecule has 166 valence electrons. The molecule has 1 aliphatic heterocycles. The molecule has 0 saturated heterocycles. The van der Waals surface area contributed by atoms with Gasteiger partial charge in [-0.2, -0.15) is 0 Å². The van der Waals surface area contributed by atoms with Gasteiger partial charge in [0, 0.05) is 11.8 Å². The maximum absolute atomic E-state index is 13.2. The average molecular weight is 442 g/mol. The molecule has 1 heterocycles. The van der Waals surface area contributed by atoms with E-state index in [0.717, 1.165) is 10.5 Å². The van der Waals surface area contributed by atoms with Gasteiger partial charge in [0.1, 0.15) is 18.2 Å². The number of hydrogen-bond donors (Lipinski definition) is 0. The number of fused-ring (bicyclic) bond motifs is 1. The highest BCUT2D eigenvalue weighted by molar-refractivity contribution is 6.21. The monoisotopic (exact) mass is 442 g/mol. The van der Waals surface area contributed by atoms with Gasteiger partial charge in [0.25, 0.3) is 17.7 Å². The van der Waals surface area contributed by atoms with E-state index in [0.29, 0.717) is 28.3 Å². The van der Waals surface area contributed by atoms with Crippen LogP contribution in [0.1, 0.15) is 26.3 Å². The molecule has 33 heavy (non-hydrogen) atoms. The first-order chi connectivity index (χ1) is 16.0. The van der Waals surface area contributed by atoms with Gasteiger partial charge in [0.05, 0.1) is 25.3 Å². The smallest absolute Gasteiger partial charge is 0.263 e. The Hall–Kier alpha value is -4.39. The van der Waals surface area contributed by atoms with Crippen LogP contribution in [0.3, 0.4) is 0 Å². The Morgan fingerprint density at radius 2 is 1.33 bits per heavy atom. The van der Waals surface area contributed by atoms with Crippen molar-refractivity contribution in [1.82, 2.24) is 4.90 Å². The Kier molecular flexibility index (Phi) is 6.22. The van der Waals surface area contributed by atoms with E-state index in [-0.39, 0.29) is 12.6 Å². The van der Waals surface area contributed by atoms with Crippen LogP contribution in [-0.4, -0.2) is 43.5 Å². The topological polar surface area (TPSA) is 76.2 Å². The van der Waals surface area contributed by atoms with E-state index in [1.165, 1.54) is 11.0 Å². The van der Waals surface area contributed by atoms with Crippen LogP contribution in [0.25, 0.3) is 6.08 Å². The Morgan fingerprint density at radius 1 is 0.818 bits per heavy atom. The largest absolute Gasteiger partial charge is 0.497 e. The van der Waals surface area contributed by atoms with Crippen LogP contribution in [0, 0.1) is 0 Å². The van der Waals surface area contributed by atoms with Crippen LogP contribution in [0.5, 0.6) is 11.5 Å². The third kappa shape index (κ3) is 4.48. The minimum Gasteiger partial charge on any atom is -0.497 e. The second-order valence-corrected chi connectivity index (χ2v) is 7.30. The van der Waals surface area contributed by atoms with E-state index >= 15 is 0 Å². The average Bonchev–Trinajstić information content (AvgIpc) is 3.11. The summed E-state index contributed by atoms with van der Waals surface area (Å²) in [6, 6.07) is 20.7. The first kappa shape index (κ1) is 21.8. The summed E-state index contributed by atoms with van der Waals surface area (Å²) in [5.74, 6) is 0.0965. The van der Waals surface area contributed by atoms with Crippen LogP contribution in [0.2, 0.25) is 0 Å². The van der Waals surface area contributed by atoms with Crippen LogP contribution in [0.15, 0.2) is 78.9 Å². The van der Waals surface area contributed by atoms with Crippen molar-refractivity contribution in [2.75, 3.05) is 25.8 Å². The third-order valence-electron chi connectivity index (χ3n) is 5.35. The minimum atomic E-state index is -0.430. The molecule has 0 bridgehead atoms. The quantitative estimate of drug-likeness (QED) is 0.408. The number of methoxy groups -OCH3 is 2. The molecule has 0 radical (unpaired) electrons. The van der Waals surface area contributed by atoms with Crippen LogP contribution < -0.4 is 14.4 Å². The number of rotatable bonds is 7. The molecule has 3 aromatic rings. The molecule has 3 amide bonds. The molecule has 7 heteroatoms. The molecular formula is C26H22N2O5. The highest BCUT2D eigenvalue weighted by atomic mass is 16.5. The number of ether oxygens (including phenoxy) is 2. The Labute approximate surface area is 191 Å². The standard InChI is InChI=1S/C26H22N2O5/c1-32-20-12-7-18(8-13-20)9-16-24(29)27(19-10-14-21(33-2)15-11-19)17-28-25(30)22-5-3-4-6-23(22)26(28)31/h3-16H,17H2,1-2H3. The molecule has 0 N–H and O–H groups in total. The fourth-order valence-corrected chi connectivity index (χ4v) is 3.52. The fourth-order valence-electron chi connectivity index (χ4n) is 3.52. The van der Waals surface area contributed by atoms with Gasteiger partial charge < -0.3 is 9.47 Å². The first-order valence-electron chi connectivity index (χ1n) is 10.2. The van der Waals surface area contributed by atoms with Crippen molar-refractivity contribution in [3.05, 3.63) is 95.6 Å². The highest BCUT2D eigenvalue weighted by Crippen LogP contribution is 2.26. The zero-order chi connectivity index (χ0) is 23.4. The van der Waals surface area contributed by atoms with E-state index in [2.05, 4.69) is 0 Å². The summed E-state index contributed by atoms with van der Waals surface area (Å²) in [5, 5.41) is 0. The van der Waals surface area contributed by atoms with Gasteiger partial charge in [-0.3, -0.25) is 24.2 Å². The van der Waals surface area contributed by atoms with Crippen molar-refractivity contribution in [2.45, 2.75) is 0 Å². The maximum Gasteiger partial charge on any atom is 0.263 e. The highest BCUT2D eigenvalue weighted by Gasteiger charge is 2.37. The van der Waals surface area contributed by atoms with Crippen LogP contribution in [-0.2, 0) is 4.79 Å². The van der Waals surface area contributed by atoms with E-state index in [1.54, 1.807) is 81.0 Å². The molecule has 0 unspecified atom stereocenters. The van der Waals surface area contributed by atoms with Gasteiger partial charge >= 0.3 is 0 Å². The van der Waals surface area contributed by atoms with E-state index in [4.69, 9.17) is 9.47 Å². The second kappa shape index (κ2) is 9.40. The zero-order valence-corrected chi connectivity index (χ0v) is 18.2. The number of benzene rings is 3. The molecule has 1 aliphatic rings. The predicted octanol–water partition coefficient (Wildman–Crippen LogP) is 4.00. The lowest BCUT2D eigenvalue weighted by Gasteiger charge is -2.26. The lowest BCUT2D eigenvalue weighted by Crippen LogP contribution is -2.43. The zero-order valence-electron chi connectivity index (χ0n) is 18.2. The summed E-state index contributed by atoms with van der Waals surface area (Å²) in [4.78, 5) is 41.4. The van der Waals surface area contributed by atoms with E-state index in [9.17, 15) is 14.4 Å². The maximum atomic E-state index is 13.2. The van der Waals surface area contributed by atoms with Crippen molar-refractivity contribution in [3.63, 3.8) is 0 Å². The van der Waals surface area contributed by atoms with Gasteiger partial charge in [-0.05, 0) is 60.2 Å². The summed E-state index contributed by atoms with van der Waals surface area (Å²) in [7, 11) is 3.13. The van der Waals surface area contributed by atoms with Crippen molar-refractivity contribution in [3.8, 4) is 11.5 Å². The predicted molar refractivity (Wildman–Crippen MR) is 124 cm³/mol. The van der Waals surface area contributed by atoms with Gasteiger partial charge in [-0.15, -0.1) is 0 Å². The Morgan fingerprint density at radius 3 is 1.85 bits per heavy atom. The van der Waals surface area contributed by atoms with E-state index in [1.807, 2.05) is 12.1 Å². The summed E-state index contributed by atoms with van der Waals surface area (Å²) in [6.45, 7) is -0.218. The Balaban J connectivity index is 1.62. The van der Waals surface area contributed by atoms with Crippen LogP contribution >= 0.6 is 0 Å². The van der Waals surface area contributed by atoms with Crippen molar-refractivity contribution in [1.29, 1.82) is 0 Å². The number of nitrogens with zero attached hydrogens (tertiary/aromatic N) is 2. The summed E-state index contributed by atoms with van der Waals surface area (Å²) < 4.78 is 10.3. The molecule has 0 saturated carbocycles. The van der Waals surface area contributed by atoms with Gasteiger partial charge in [0.15, 0.2) is 0 Å². The van der Waals surface area contributed by atoms with Crippen molar-refractivity contribution < 1.29 is 23.9 Å². The molecular weight excluding hydrogens is 420 g/mol. The lowest BCUT2D eigenvalue weighted by molar-refractivity contribution is -0.114. The SMILES string of the molecule is COc1ccc(C=CC(=O)N(CN2C(=O)c3ccccc3C2=O)c2ccc(OC)cc2)cc1. The summed E-state index contributed by atoms with van der Waals surface area (Å²) in [6.07, 6.45) is 3.07. The molecule has 0 spiro atoms. The number of amides is 3. The molecule has 4 rings (SSSR count). The van der Waals surface area contributed by atoms with Gasteiger partial charge in [0.2, 0.25) is 0 Å². The van der Waals surface area contributed by atoms with Gasteiger partial charge in [-0.1, -0.05) is 24.3 Å². The lowest BCUT2D eigenvalue weighted by atomic mass is 10.1. The molecule has 0 aromatic heterocycles. The molecule has 0 aliphatic carbocycles. The fraction of sp³-hybridized carbons (Fsp3) is 0.115. The number of anilines is 1. The molecule has 7 nitrogen and oxygen atoms in total. The second-order valence-electron chi connectivity index (χ2n) is 7.30. The number of carbonyl (C=O) groups is 3. The molecule has 0 fully saturated rings. The molecule has 0 atom stereocenters. The van der Waals surface area contributed by atoms with Crippen molar-refractivity contribution >= 4 is 29.5 Å². The summed E-state index contributed by atoms with van der Waals surface area (Å²) in [5.41, 5.74) is 1.99. The molecule has 3 aromatic carbocycles. The normalized spacial score (nSPS) is 12.7. The Bertz CT molecular complexity index is 1180. The number of carbonyl (C=O) groups excluding carboxylic acids is 3. The minimum absolute atomic E-state index is 0.218. The van der Waals surface area contributed by atoms with Crippen LogP contribution in [0.4, 0.5) is 5.69 Å². The number of hydrogen-bond acceptors (Lipinski definition) is 5. The summed E-state index contributed by atoms with van der Waals surface area (Å²) >= 11 is 0. The van der Waals surface area contributed by atoms with Gasteiger partial charge in [-0.25, -0.2) is 0 Å². The van der Waals surface area contributed by atoms with Crippen molar-refractivity contribution in [2.24, 2.45) is 0 Å². The third-order valence-corrected chi connectivity index (χ3v) is 5.35.